The van der Waals surface area contributed by atoms with Crippen molar-refractivity contribution in [2.24, 2.45) is 0 Å². The zero-order chi connectivity index (χ0) is 24.9. The second-order valence-electron chi connectivity index (χ2n) is 7.74. The summed E-state index contributed by atoms with van der Waals surface area (Å²) in [6, 6.07) is 13.7. The fourth-order valence-corrected chi connectivity index (χ4v) is 3.43. The molecular weight excluding hydrogens is 472 g/mol. The zero-order valence-corrected chi connectivity index (χ0v) is 18.8. The number of hydroxylamine groups is 2. The van der Waals surface area contributed by atoms with Crippen LogP contribution in [0.5, 0.6) is 23.0 Å². The highest BCUT2D eigenvalue weighted by Gasteiger charge is 2.23. The van der Waals surface area contributed by atoms with Crippen molar-refractivity contribution in [2.45, 2.75) is 13.2 Å². The summed E-state index contributed by atoms with van der Waals surface area (Å²) in [7, 11) is 0. The van der Waals surface area contributed by atoms with E-state index in [1.54, 1.807) is 48.8 Å². The molecule has 0 saturated heterocycles. The molecule has 3 heterocycles. The fraction of sp³-hybridized carbons (Fsp3) is 0.115. The van der Waals surface area contributed by atoms with Crippen LogP contribution in [0.25, 0.3) is 0 Å². The molecule has 4 aromatic rings. The number of benzene rings is 2. The van der Waals surface area contributed by atoms with E-state index in [2.05, 4.69) is 9.97 Å². The molecule has 0 radical (unpaired) electrons. The molecule has 5 rings (SSSR count). The van der Waals surface area contributed by atoms with Gasteiger partial charge in [0.25, 0.3) is 5.91 Å². The molecule has 182 valence electrons. The summed E-state index contributed by atoms with van der Waals surface area (Å²) in [5.74, 6) is -0.474. The molecule has 0 saturated carbocycles. The Kier molecular flexibility index (Phi) is 6.57. The lowest BCUT2D eigenvalue weighted by atomic mass is 10.2. The maximum Gasteiger partial charge on any atom is 0.288 e. The zero-order valence-electron chi connectivity index (χ0n) is 18.8. The number of rotatable bonds is 8. The van der Waals surface area contributed by atoms with Gasteiger partial charge in [-0.2, -0.15) is 5.06 Å². The highest BCUT2D eigenvalue weighted by molar-refractivity contribution is 5.93. The topological polar surface area (TPSA) is 83.0 Å². The molecule has 0 bridgehead atoms. The number of halogens is 2. The van der Waals surface area contributed by atoms with Gasteiger partial charge in [-0.25, -0.2) is 8.78 Å². The monoisotopic (exact) mass is 491 g/mol. The molecule has 8 nitrogen and oxygen atoms in total. The predicted octanol–water partition coefficient (Wildman–Crippen LogP) is 4.70. The number of amides is 1. The minimum atomic E-state index is -0.711. The van der Waals surface area contributed by atoms with Crippen LogP contribution in [0, 0.1) is 11.6 Å². The number of ether oxygens (including phenoxy) is 3. The molecule has 10 heteroatoms. The Morgan fingerprint density at radius 1 is 0.917 bits per heavy atom. The third-order valence-corrected chi connectivity index (χ3v) is 5.23. The van der Waals surface area contributed by atoms with E-state index in [-0.39, 0.29) is 36.8 Å². The van der Waals surface area contributed by atoms with E-state index in [1.807, 2.05) is 0 Å². The highest BCUT2D eigenvalue weighted by atomic mass is 19.1. The number of carbonyl (C=O) groups is 1. The van der Waals surface area contributed by atoms with E-state index in [0.29, 0.717) is 17.2 Å². The van der Waals surface area contributed by atoms with Gasteiger partial charge < -0.3 is 19.0 Å². The summed E-state index contributed by atoms with van der Waals surface area (Å²) in [6.45, 7) is 0.0309. The minimum absolute atomic E-state index is 0.0616. The van der Waals surface area contributed by atoms with Gasteiger partial charge in [0.1, 0.15) is 24.0 Å². The second-order valence-corrected chi connectivity index (χ2v) is 7.74. The predicted molar refractivity (Wildman–Crippen MR) is 122 cm³/mol. The Balaban J connectivity index is 1.36. The van der Waals surface area contributed by atoms with Crippen LogP contribution in [0.1, 0.15) is 21.5 Å². The van der Waals surface area contributed by atoms with Gasteiger partial charge in [-0.3, -0.25) is 14.8 Å². The summed E-state index contributed by atoms with van der Waals surface area (Å²) >= 11 is 0. The van der Waals surface area contributed by atoms with Crippen molar-refractivity contribution in [3.05, 3.63) is 108 Å². The number of hydrogen-bond donors (Lipinski definition) is 0. The Hall–Kier alpha value is -4.73. The van der Waals surface area contributed by atoms with Crippen molar-refractivity contribution < 1.29 is 32.6 Å². The molecule has 2 aromatic carbocycles. The van der Waals surface area contributed by atoms with Crippen LogP contribution >= 0.6 is 0 Å². The van der Waals surface area contributed by atoms with E-state index in [0.717, 1.165) is 22.9 Å². The highest BCUT2D eigenvalue weighted by Crippen LogP contribution is 2.35. The summed E-state index contributed by atoms with van der Waals surface area (Å²) in [5.41, 5.74) is 0.977. The van der Waals surface area contributed by atoms with E-state index in [1.165, 1.54) is 18.3 Å². The van der Waals surface area contributed by atoms with Gasteiger partial charge in [0.05, 0.1) is 18.3 Å². The lowest BCUT2D eigenvalue weighted by molar-refractivity contribution is -0.0401. The van der Waals surface area contributed by atoms with Crippen LogP contribution in [0.3, 0.4) is 0 Å². The average molecular weight is 491 g/mol. The Morgan fingerprint density at radius 2 is 1.72 bits per heavy atom. The number of pyridine rings is 2. The quantitative estimate of drug-likeness (QED) is 0.331. The molecule has 0 unspecified atom stereocenters. The maximum absolute atomic E-state index is 15.0. The van der Waals surface area contributed by atoms with Gasteiger partial charge in [0, 0.05) is 36.3 Å². The molecule has 2 aromatic heterocycles. The lowest BCUT2D eigenvalue weighted by Crippen LogP contribution is -2.34. The molecular formula is C26H19F2N3O5. The Morgan fingerprint density at radius 3 is 2.53 bits per heavy atom. The second kappa shape index (κ2) is 10.3. The van der Waals surface area contributed by atoms with Crippen molar-refractivity contribution in [2.75, 3.05) is 6.79 Å². The van der Waals surface area contributed by atoms with E-state index >= 15 is 0 Å². The standard InChI is InChI=1S/C26H19F2N3O5/c27-20-9-19(12-30-13-20)26(32)31(36-22-3-4-24-25(11-22)35-16-34-24)14-18-1-2-21(10-23(18)28)33-15-17-5-7-29-8-6-17/h1-13H,14-16H2. The first-order valence-corrected chi connectivity index (χ1v) is 10.9. The van der Waals surface area contributed by atoms with Gasteiger partial charge in [0.15, 0.2) is 17.2 Å². The van der Waals surface area contributed by atoms with Crippen LogP contribution < -0.4 is 19.0 Å². The molecule has 0 atom stereocenters. The molecule has 1 aliphatic rings. The SMILES string of the molecule is O=C(c1cncc(F)c1)N(Cc1ccc(OCc2ccncc2)cc1F)Oc1ccc2c(c1)OCO2. The first kappa shape index (κ1) is 23.0. The number of fused-ring (bicyclic) bond motifs is 1. The fourth-order valence-electron chi connectivity index (χ4n) is 3.43. The van der Waals surface area contributed by atoms with Gasteiger partial charge >= 0.3 is 0 Å². The largest absolute Gasteiger partial charge is 0.489 e. The normalized spacial score (nSPS) is 11.7. The number of hydrogen-bond acceptors (Lipinski definition) is 7. The van der Waals surface area contributed by atoms with Crippen LogP contribution in [0.2, 0.25) is 0 Å². The molecule has 0 fully saturated rings. The smallest absolute Gasteiger partial charge is 0.288 e. The van der Waals surface area contributed by atoms with Crippen LogP contribution in [0.15, 0.2) is 79.4 Å². The third-order valence-electron chi connectivity index (χ3n) is 5.23. The van der Waals surface area contributed by atoms with Gasteiger partial charge in [-0.05, 0) is 42.0 Å². The van der Waals surface area contributed by atoms with Crippen molar-refractivity contribution in [3.8, 4) is 23.0 Å². The van der Waals surface area contributed by atoms with Crippen molar-refractivity contribution in [1.29, 1.82) is 0 Å². The molecule has 0 aliphatic carbocycles. The summed E-state index contributed by atoms with van der Waals surface area (Å²) in [4.78, 5) is 26.6. The molecule has 0 spiro atoms. The van der Waals surface area contributed by atoms with Gasteiger partial charge in [-0.15, -0.1) is 0 Å². The minimum Gasteiger partial charge on any atom is -0.489 e. The van der Waals surface area contributed by atoms with Gasteiger partial charge in [0.2, 0.25) is 6.79 Å². The third kappa shape index (κ3) is 5.33. The van der Waals surface area contributed by atoms with E-state index in [9.17, 15) is 13.6 Å². The maximum atomic E-state index is 15.0. The van der Waals surface area contributed by atoms with Crippen molar-refractivity contribution >= 4 is 5.91 Å². The summed E-state index contributed by atoms with van der Waals surface area (Å²) in [5, 5.41) is 0.921. The number of aromatic nitrogens is 2. The summed E-state index contributed by atoms with van der Waals surface area (Å²) < 4.78 is 45.0. The van der Waals surface area contributed by atoms with E-state index < -0.39 is 17.5 Å². The van der Waals surface area contributed by atoms with Gasteiger partial charge in [-0.1, -0.05) is 6.07 Å². The van der Waals surface area contributed by atoms with Crippen molar-refractivity contribution in [3.63, 3.8) is 0 Å². The number of carbonyl (C=O) groups excluding carboxylic acids is 1. The molecule has 0 N–H and O–H groups in total. The van der Waals surface area contributed by atoms with Crippen LogP contribution in [-0.4, -0.2) is 27.7 Å². The van der Waals surface area contributed by atoms with Crippen molar-refractivity contribution in [1.82, 2.24) is 15.0 Å². The molecule has 36 heavy (non-hydrogen) atoms. The average Bonchev–Trinajstić information content (AvgIpc) is 3.36. The molecule has 1 aliphatic heterocycles. The molecule has 1 amide bonds. The number of nitrogens with zero attached hydrogens (tertiary/aromatic N) is 3. The summed E-state index contributed by atoms with van der Waals surface area (Å²) in [6.07, 6.45) is 5.46. The lowest BCUT2D eigenvalue weighted by Gasteiger charge is -2.23. The van der Waals surface area contributed by atoms with Crippen LogP contribution in [-0.2, 0) is 13.2 Å². The first-order chi connectivity index (χ1) is 17.5. The Labute approximate surface area is 204 Å². The van der Waals surface area contributed by atoms with Crippen LogP contribution in [0.4, 0.5) is 8.78 Å². The van der Waals surface area contributed by atoms with E-state index in [4.69, 9.17) is 19.0 Å². The Bertz CT molecular complexity index is 1390. The first-order valence-electron chi connectivity index (χ1n) is 10.9.